The summed E-state index contributed by atoms with van der Waals surface area (Å²) in [4.78, 5) is 13.0. The highest BCUT2D eigenvalue weighted by atomic mass is 19.4. The lowest BCUT2D eigenvalue weighted by atomic mass is 9.94. The zero-order chi connectivity index (χ0) is 22.3. The average molecular weight is 428 g/mol. The highest BCUT2D eigenvalue weighted by Gasteiger charge is 2.35. The van der Waals surface area contributed by atoms with Crippen molar-refractivity contribution in [2.24, 2.45) is 0 Å². The van der Waals surface area contributed by atoms with Crippen LogP contribution in [0.4, 0.5) is 13.2 Å². The quantitative estimate of drug-likeness (QED) is 0.599. The lowest BCUT2D eigenvalue weighted by molar-refractivity contribution is -0.137. The van der Waals surface area contributed by atoms with E-state index in [1.807, 2.05) is 0 Å². The molecule has 0 bridgehead atoms. The van der Waals surface area contributed by atoms with Crippen molar-refractivity contribution < 1.29 is 27.4 Å². The number of nitrogens with zero attached hydrogens (tertiary/aromatic N) is 2. The normalized spacial score (nSPS) is 12.9. The predicted molar refractivity (Wildman–Crippen MR) is 108 cm³/mol. The molecule has 2 heterocycles. The van der Waals surface area contributed by atoms with E-state index in [1.54, 1.807) is 18.2 Å². The van der Waals surface area contributed by atoms with Crippen molar-refractivity contribution in [3.63, 3.8) is 0 Å². The summed E-state index contributed by atoms with van der Waals surface area (Å²) in [6.45, 7) is 0.216. The molecule has 31 heavy (non-hydrogen) atoms. The van der Waals surface area contributed by atoms with Crippen molar-refractivity contribution in [1.29, 1.82) is 0 Å². The molecule has 0 saturated heterocycles. The summed E-state index contributed by atoms with van der Waals surface area (Å²) < 4.78 is 57.8. The van der Waals surface area contributed by atoms with Gasteiger partial charge in [0.1, 0.15) is 25.0 Å². The van der Waals surface area contributed by atoms with Gasteiger partial charge in [-0.1, -0.05) is 11.5 Å². The Kier molecular flexibility index (Phi) is 5.16. The topological polar surface area (TPSA) is 62.6 Å². The first-order valence-electron chi connectivity index (χ1n) is 9.22. The third-order valence-electron chi connectivity index (χ3n) is 4.92. The second kappa shape index (κ2) is 7.68. The van der Waals surface area contributed by atoms with Crippen molar-refractivity contribution in [1.82, 2.24) is 9.78 Å². The van der Waals surface area contributed by atoms with Crippen LogP contribution in [0.25, 0.3) is 16.9 Å². The standard InChI is InChI=1S/C21H16BF3N2O4/c1-29-13-7-11(8-14(10-13)30-2)18-19-15(5-6-31-19)20(28)27(26-18)17-9-12(22)3-4-16(17)21(23,24)25/h3-4,7-10H,5-6H2,1-2H3. The monoisotopic (exact) mass is 428 g/mol. The van der Waals surface area contributed by atoms with Crippen LogP contribution in [-0.2, 0) is 12.6 Å². The Labute approximate surface area is 176 Å². The summed E-state index contributed by atoms with van der Waals surface area (Å²) >= 11 is 0. The molecule has 2 aromatic carbocycles. The molecule has 10 heteroatoms. The van der Waals surface area contributed by atoms with Gasteiger partial charge in [-0.15, -0.1) is 0 Å². The number of rotatable bonds is 4. The fourth-order valence-electron chi connectivity index (χ4n) is 3.45. The van der Waals surface area contributed by atoms with Gasteiger partial charge in [-0.25, -0.2) is 0 Å². The Hall–Kier alpha value is -3.43. The molecule has 0 saturated carbocycles. The third kappa shape index (κ3) is 3.73. The van der Waals surface area contributed by atoms with Gasteiger partial charge in [0.15, 0.2) is 5.75 Å². The van der Waals surface area contributed by atoms with Gasteiger partial charge in [0.25, 0.3) is 5.56 Å². The van der Waals surface area contributed by atoms with Crippen LogP contribution in [0.3, 0.4) is 0 Å². The second-order valence-corrected chi connectivity index (χ2v) is 6.85. The summed E-state index contributed by atoms with van der Waals surface area (Å²) in [5, 5.41) is 4.26. The maximum absolute atomic E-state index is 13.7. The Bertz CT molecular complexity index is 1200. The van der Waals surface area contributed by atoms with E-state index in [2.05, 4.69) is 5.10 Å². The molecule has 0 amide bonds. The van der Waals surface area contributed by atoms with E-state index < -0.39 is 23.0 Å². The summed E-state index contributed by atoms with van der Waals surface area (Å²) in [5.41, 5.74) is -1.21. The number of methoxy groups -OCH3 is 2. The van der Waals surface area contributed by atoms with Crippen molar-refractivity contribution in [3.8, 4) is 34.2 Å². The molecule has 4 rings (SSSR count). The number of fused-ring (bicyclic) bond motifs is 1. The highest BCUT2D eigenvalue weighted by Crippen LogP contribution is 2.38. The molecule has 1 aliphatic rings. The molecule has 0 aliphatic carbocycles. The maximum atomic E-state index is 13.7. The van der Waals surface area contributed by atoms with E-state index in [-0.39, 0.29) is 35.5 Å². The number of benzene rings is 2. The van der Waals surface area contributed by atoms with Gasteiger partial charge in [0.05, 0.1) is 37.6 Å². The van der Waals surface area contributed by atoms with E-state index >= 15 is 0 Å². The zero-order valence-electron chi connectivity index (χ0n) is 16.6. The van der Waals surface area contributed by atoms with Crippen molar-refractivity contribution in [3.05, 3.63) is 57.9 Å². The van der Waals surface area contributed by atoms with Crippen LogP contribution < -0.4 is 25.2 Å². The molecule has 1 aromatic heterocycles. The molecule has 2 radical (unpaired) electrons. The van der Waals surface area contributed by atoms with Gasteiger partial charge in [0, 0.05) is 18.1 Å². The first-order chi connectivity index (χ1) is 14.7. The number of alkyl halides is 3. The predicted octanol–water partition coefficient (Wildman–Crippen LogP) is 2.66. The smallest absolute Gasteiger partial charge is 0.418 e. The summed E-state index contributed by atoms with van der Waals surface area (Å²) in [6.07, 6.45) is -4.46. The van der Waals surface area contributed by atoms with Gasteiger partial charge < -0.3 is 14.2 Å². The molecule has 0 N–H and O–H groups in total. The molecule has 0 fully saturated rings. The van der Waals surface area contributed by atoms with Crippen molar-refractivity contribution in [2.45, 2.75) is 12.6 Å². The van der Waals surface area contributed by atoms with Crippen LogP contribution in [0.5, 0.6) is 17.2 Å². The van der Waals surface area contributed by atoms with E-state index in [9.17, 15) is 18.0 Å². The minimum atomic E-state index is -4.71. The largest absolute Gasteiger partial charge is 0.497 e. The summed E-state index contributed by atoms with van der Waals surface area (Å²) in [6, 6.07) is 7.94. The van der Waals surface area contributed by atoms with Gasteiger partial charge >= 0.3 is 6.18 Å². The van der Waals surface area contributed by atoms with Crippen molar-refractivity contribution in [2.75, 3.05) is 20.8 Å². The van der Waals surface area contributed by atoms with Gasteiger partial charge in [-0.3, -0.25) is 4.79 Å². The van der Waals surface area contributed by atoms with Crippen LogP contribution >= 0.6 is 0 Å². The fourth-order valence-corrected chi connectivity index (χ4v) is 3.45. The first-order valence-corrected chi connectivity index (χ1v) is 9.22. The number of ether oxygens (including phenoxy) is 3. The fraction of sp³-hybridized carbons (Fsp3) is 0.238. The molecule has 0 unspecified atom stereocenters. The van der Waals surface area contributed by atoms with E-state index in [1.165, 1.54) is 14.2 Å². The number of hydrogen-bond acceptors (Lipinski definition) is 5. The van der Waals surface area contributed by atoms with Crippen LogP contribution in [0.2, 0.25) is 0 Å². The first kappa shape index (κ1) is 20.8. The lowest BCUT2D eigenvalue weighted by Gasteiger charge is -2.17. The average Bonchev–Trinajstić information content (AvgIpc) is 3.23. The molecule has 0 spiro atoms. The minimum Gasteiger partial charge on any atom is -0.497 e. The van der Waals surface area contributed by atoms with E-state index in [0.29, 0.717) is 17.1 Å². The van der Waals surface area contributed by atoms with Crippen LogP contribution in [0, 0.1) is 0 Å². The molecule has 1 aliphatic heterocycles. The number of aromatic nitrogens is 2. The zero-order valence-corrected chi connectivity index (χ0v) is 16.6. The van der Waals surface area contributed by atoms with Gasteiger partial charge in [0.2, 0.25) is 0 Å². The molecular weight excluding hydrogens is 412 g/mol. The van der Waals surface area contributed by atoms with Gasteiger partial charge in [-0.05, 0) is 24.3 Å². The highest BCUT2D eigenvalue weighted by molar-refractivity contribution is 6.32. The van der Waals surface area contributed by atoms with Crippen LogP contribution in [-0.4, -0.2) is 38.5 Å². The van der Waals surface area contributed by atoms with Gasteiger partial charge in [-0.2, -0.15) is 23.0 Å². The van der Waals surface area contributed by atoms with Crippen LogP contribution in [0.1, 0.15) is 11.1 Å². The van der Waals surface area contributed by atoms with E-state index in [4.69, 9.17) is 22.1 Å². The molecule has 3 aromatic rings. The number of halogens is 3. The molecule has 6 nitrogen and oxygen atoms in total. The Morgan fingerprint density at radius 3 is 2.39 bits per heavy atom. The second-order valence-electron chi connectivity index (χ2n) is 6.85. The maximum Gasteiger partial charge on any atom is 0.418 e. The Morgan fingerprint density at radius 2 is 1.77 bits per heavy atom. The molecule has 158 valence electrons. The number of hydrogen-bond donors (Lipinski definition) is 0. The Morgan fingerprint density at radius 1 is 1.10 bits per heavy atom. The third-order valence-corrected chi connectivity index (χ3v) is 4.92. The van der Waals surface area contributed by atoms with Crippen molar-refractivity contribution >= 4 is 13.3 Å². The molecular formula is C21H16BF3N2O4. The Balaban J connectivity index is 2.03. The SMILES string of the molecule is [B]c1ccc(C(F)(F)F)c(-n2nc(-c3cc(OC)cc(OC)c3)c3c(c2=O)CCO3)c1. The minimum absolute atomic E-state index is 0.0676. The van der Waals surface area contributed by atoms with E-state index in [0.717, 1.165) is 22.9 Å². The van der Waals surface area contributed by atoms with Crippen LogP contribution in [0.15, 0.2) is 41.2 Å². The summed E-state index contributed by atoms with van der Waals surface area (Å²) in [7, 11) is 8.66. The lowest BCUT2D eigenvalue weighted by Crippen LogP contribution is -2.28. The molecule has 0 atom stereocenters. The summed E-state index contributed by atoms with van der Waals surface area (Å²) in [5.74, 6) is 1.12.